The summed E-state index contributed by atoms with van der Waals surface area (Å²) < 4.78 is 6.67. The Morgan fingerprint density at radius 1 is 1.10 bits per heavy atom. The molecule has 160 valence electrons. The number of aliphatic hydroxyl groups excluding tert-OH is 2. The lowest BCUT2D eigenvalue weighted by Gasteiger charge is -2.24. The topological polar surface area (TPSA) is 125 Å². The van der Waals surface area contributed by atoms with Crippen LogP contribution >= 0.6 is 0 Å². The third kappa shape index (κ3) is 4.06. The second-order valence-corrected chi connectivity index (χ2v) is 7.14. The van der Waals surface area contributed by atoms with Crippen molar-refractivity contribution in [1.29, 1.82) is 0 Å². The largest absolute Gasteiger partial charge is 0.394 e. The Morgan fingerprint density at radius 3 is 2.35 bits per heavy atom. The second kappa shape index (κ2) is 8.68. The number of aliphatic hydroxyl groups is 2. The molecule has 0 unspecified atom stereocenters. The third-order valence-electron chi connectivity index (χ3n) is 5.12. The first-order valence-electron chi connectivity index (χ1n) is 9.74. The van der Waals surface area contributed by atoms with Gasteiger partial charge in [0.1, 0.15) is 18.0 Å². The lowest BCUT2D eigenvalue weighted by Crippen LogP contribution is -2.38. The van der Waals surface area contributed by atoms with Gasteiger partial charge in [0.25, 0.3) is 11.5 Å². The fraction of sp³-hybridized carbons (Fsp3) is 0.227. The van der Waals surface area contributed by atoms with Crippen LogP contribution in [-0.4, -0.2) is 44.5 Å². The molecule has 0 aliphatic carbocycles. The van der Waals surface area contributed by atoms with E-state index >= 15 is 0 Å². The number of hydrogen-bond acceptors (Lipinski definition) is 6. The lowest BCUT2D eigenvalue weighted by atomic mass is 10.1. The van der Waals surface area contributed by atoms with E-state index in [1.165, 1.54) is 11.1 Å². The molecule has 1 amide bonds. The molecule has 0 radical (unpaired) electrons. The molecule has 0 spiro atoms. The van der Waals surface area contributed by atoms with E-state index in [0.717, 1.165) is 4.57 Å². The average Bonchev–Trinajstić information content (AvgIpc) is 3.17. The monoisotopic (exact) mass is 423 g/mol. The molecule has 2 aromatic carbocycles. The zero-order chi connectivity index (χ0) is 22.0. The van der Waals surface area contributed by atoms with Gasteiger partial charge in [-0.25, -0.2) is 4.79 Å². The number of ether oxygens (including phenoxy) is 1. The van der Waals surface area contributed by atoms with Crippen LogP contribution in [-0.2, 0) is 4.74 Å². The molecule has 31 heavy (non-hydrogen) atoms. The molecule has 9 heteroatoms. The highest BCUT2D eigenvalue weighted by molar-refractivity contribution is 6.10. The number of benzene rings is 2. The fourth-order valence-electron chi connectivity index (χ4n) is 3.55. The van der Waals surface area contributed by atoms with Crippen LogP contribution < -0.4 is 16.1 Å². The highest BCUT2D eigenvalue weighted by atomic mass is 16.5. The summed E-state index contributed by atoms with van der Waals surface area (Å²) in [6, 6.07) is 17.0. The van der Waals surface area contributed by atoms with Crippen molar-refractivity contribution in [2.24, 2.45) is 0 Å². The van der Waals surface area contributed by atoms with Crippen molar-refractivity contribution in [3.8, 4) is 0 Å². The van der Waals surface area contributed by atoms with Crippen LogP contribution in [0.1, 0.15) is 23.0 Å². The average molecular weight is 423 g/mol. The summed E-state index contributed by atoms with van der Waals surface area (Å²) in [6.07, 6.45) is -1.42. The number of aromatic nitrogens is 2. The van der Waals surface area contributed by atoms with E-state index in [9.17, 15) is 24.6 Å². The van der Waals surface area contributed by atoms with Gasteiger partial charge in [-0.05, 0) is 24.3 Å². The number of carbonyl (C=O) groups is 1. The van der Waals surface area contributed by atoms with Crippen LogP contribution in [0.15, 0.2) is 76.4 Å². The summed E-state index contributed by atoms with van der Waals surface area (Å²) in [6.45, 7) is -0.411. The Kier molecular flexibility index (Phi) is 5.81. The Morgan fingerprint density at radius 2 is 1.74 bits per heavy atom. The summed E-state index contributed by atoms with van der Waals surface area (Å²) in [5, 5.41) is 19.3. The summed E-state index contributed by atoms with van der Waals surface area (Å²) >= 11 is 0. The number of amides is 1. The van der Waals surface area contributed by atoms with Crippen molar-refractivity contribution < 1.29 is 19.7 Å². The molecular formula is C22H21N3O6. The Hall–Kier alpha value is -3.53. The molecule has 1 aliphatic heterocycles. The minimum absolute atomic E-state index is 0.0502. The van der Waals surface area contributed by atoms with Crippen LogP contribution in [0.3, 0.4) is 0 Å². The van der Waals surface area contributed by atoms with E-state index in [2.05, 4.69) is 4.98 Å². The molecule has 3 atom stereocenters. The Labute approximate surface area is 176 Å². The normalized spacial score (nSPS) is 20.5. The smallest absolute Gasteiger partial charge is 0.330 e. The number of rotatable bonds is 5. The number of nitrogens with zero attached hydrogens (tertiary/aromatic N) is 2. The lowest BCUT2D eigenvalue weighted by molar-refractivity contribution is -0.0458. The van der Waals surface area contributed by atoms with E-state index in [-0.39, 0.29) is 12.1 Å². The molecule has 1 aliphatic rings. The first-order valence-corrected chi connectivity index (χ1v) is 9.74. The van der Waals surface area contributed by atoms with Crippen molar-refractivity contribution in [3.05, 3.63) is 93.3 Å². The maximum absolute atomic E-state index is 13.3. The predicted molar refractivity (Wildman–Crippen MR) is 112 cm³/mol. The number of anilines is 2. The van der Waals surface area contributed by atoms with Gasteiger partial charge < -0.3 is 14.9 Å². The first-order chi connectivity index (χ1) is 15.0. The van der Waals surface area contributed by atoms with E-state index in [4.69, 9.17) is 4.74 Å². The van der Waals surface area contributed by atoms with Gasteiger partial charge in [-0.15, -0.1) is 0 Å². The molecule has 1 fully saturated rings. The molecule has 1 saturated heterocycles. The van der Waals surface area contributed by atoms with Gasteiger partial charge in [0.15, 0.2) is 0 Å². The summed E-state index contributed by atoms with van der Waals surface area (Å²) in [4.78, 5) is 42.0. The number of para-hydroxylation sites is 1. The van der Waals surface area contributed by atoms with Crippen molar-refractivity contribution in [3.63, 3.8) is 0 Å². The highest BCUT2D eigenvalue weighted by Crippen LogP contribution is 2.29. The van der Waals surface area contributed by atoms with Gasteiger partial charge in [0.05, 0.1) is 12.7 Å². The molecular weight excluding hydrogens is 402 g/mol. The SMILES string of the molecule is O=C(c1ccccc1)N(c1ccccc1)c1cn([C@H]2C[C@H](O)[C@@H](CO)O2)c(=O)[nH]c1=O. The molecule has 4 rings (SSSR count). The maximum atomic E-state index is 13.3. The predicted octanol–water partition coefficient (Wildman–Crippen LogP) is 1.16. The van der Waals surface area contributed by atoms with Crippen LogP contribution in [0.2, 0.25) is 0 Å². The molecule has 3 aromatic rings. The second-order valence-electron chi connectivity index (χ2n) is 7.14. The third-order valence-corrected chi connectivity index (χ3v) is 5.12. The van der Waals surface area contributed by atoms with Crippen LogP contribution in [0.4, 0.5) is 11.4 Å². The van der Waals surface area contributed by atoms with Crippen molar-refractivity contribution in [2.75, 3.05) is 11.5 Å². The van der Waals surface area contributed by atoms with Crippen LogP contribution in [0, 0.1) is 0 Å². The van der Waals surface area contributed by atoms with E-state index in [1.807, 2.05) is 0 Å². The molecule has 0 bridgehead atoms. The van der Waals surface area contributed by atoms with Crippen molar-refractivity contribution >= 4 is 17.3 Å². The fourth-order valence-corrected chi connectivity index (χ4v) is 3.55. The van der Waals surface area contributed by atoms with Gasteiger partial charge in [0.2, 0.25) is 0 Å². The van der Waals surface area contributed by atoms with Crippen LogP contribution in [0.5, 0.6) is 0 Å². The molecule has 2 heterocycles. The van der Waals surface area contributed by atoms with E-state index in [1.54, 1.807) is 60.7 Å². The quantitative estimate of drug-likeness (QED) is 0.566. The molecule has 9 nitrogen and oxygen atoms in total. The van der Waals surface area contributed by atoms with Crippen molar-refractivity contribution in [2.45, 2.75) is 24.9 Å². The van der Waals surface area contributed by atoms with E-state index in [0.29, 0.717) is 11.3 Å². The Bertz CT molecular complexity index is 1180. The zero-order valence-corrected chi connectivity index (χ0v) is 16.4. The minimum atomic E-state index is -0.964. The van der Waals surface area contributed by atoms with Gasteiger partial charge >= 0.3 is 5.69 Å². The number of carbonyl (C=O) groups excluding carboxylic acids is 1. The molecule has 0 saturated carbocycles. The Balaban J connectivity index is 1.83. The minimum Gasteiger partial charge on any atom is -0.394 e. The zero-order valence-electron chi connectivity index (χ0n) is 16.4. The summed E-state index contributed by atoms with van der Waals surface area (Å²) in [7, 11) is 0. The van der Waals surface area contributed by atoms with Crippen LogP contribution in [0.25, 0.3) is 0 Å². The van der Waals surface area contributed by atoms with E-state index < -0.39 is 42.2 Å². The van der Waals surface area contributed by atoms with Gasteiger partial charge in [0, 0.05) is 23.9 Å². The first kappa shape index (κ1) is 20.7. The summed E-state index contributed by atoms with van der Waals surface area (Å²) in [5.41, 5.74) is -0.773. The van der Waals surface area contributed by atoms with Crippen molar-refractivity contribution in [1.82, 2.24) is 9.55 Å². The number of hydrogen-bond donors (Lipinski definition) is 3. The highest BCUT2D eigenvalue weighted by Gasteiger charge is 2.35. The summed E-state index contributed by atoms with van der Waals surface area (Å²) in [5.74, 6) is -0.455. The number of nitrogens with one attached hydrogen (secondary N) is 1. The maximum Gasteiger partial charge on any atom is 0.330 e. The molecule has 1 aromatic heterocycles. The number of aromatic amines is 1. The number of H-pyrrole nitrogens is 1. The van der Waals surface area contributed by atoms with Gasteiger partial charge in [-0.1, -0.05) is 36.4 Å². The van der Waals surface area contributed by atoms with Gasteiger partial charge in [-0.2, -0.15) is 0 Å². The molecule has 3 N–H and O–H groups in total. The van der Waals surface area contributed by atoms with Gasteiger partial charge in [-0.3, -0.25) is 24.0 Å². The standard InChI is InChI=1S/C22H21N3O6/c26-13-18-17(27)11-19(31-18)24-12-16(20(28)23-22(24)30)25(15-9-5-2-6-10-15)21(29)14-7-3-1-4-8-14/h1-10,12,17-19,26-27H,11,13H2,(H,23,28,30)/t17-,18+,19+/m0/s1.